The van der Waals surface area contributed by atoms with Gasteiger partial charge in [0.15, 0.2) is 11.6 Å². The average molecular weight is 227 g/mol. The van der Waals surface area contributed by atoms with Crippen LogP contribution in [0.4, 0.5) is 8.78 Å². The first-order valence-electron chi connectivity index (χ1n) is 4.91. The second-order valence-electron chi connectivity index (χ2n) is 3.71. The van der Waals surface area contributed by atoms with Crippen LogP contribution in [0.3, 0.4) is 0 Å². The third-order valence-electron chi connectivity index (χ3n) is 2.69. The van der Waals surface area contributed by atoms with E-state index in [9.17, 15) is 13.6 Å². The molecule has 5 heteroatoms. The topological polar surface area (TPSA) is 38.3 Å². The predicted molar refractivity (Wildman–Crippen MR) is 53.3 cm³/mol. The standard InChI is InChI=1S/C11H11F2NO2/c1-16-10-4-8(12)7(3-9(10)13)6-2-11(15)14-5-6/h3-4,6H,2,5H2,1H3,(H,14,15). The van der Waals surface area contributed by atoms with Gasteiger partial charge in [-0.3, -0.25) is 4.79 Å². The summed E-state index contributed by atoms with van der Waals surface area (Å²) >= 11 is 0. The molecule has 0 saturated carbocycles. The molecule has 0 radical (unpaired) electrons. The molecule has 1 N–H and O–H groups in total. The molecular formula is C11H11F2NO2. The summed E-state index contributed by atoms with van der Waals surface area (Å²) in [6.07, 6.45) is 0.197. The van der Waals surface area contributed by atoms with Crippen LogP contribution in [0.5, 0.6) is 5.75 Å². The summed E-state index contributed by atoms with van der Waals surface area (Å²) in [5, 5.41) is 2.58. The number of ether oxygens (including phenoxy) is 1. The van der Waals surface area contributed by atoms with Gasteiger partial charge in [-0.1, -0.05) is 0 Å². The second-order valence-corrected chi connectivity index (χ2v) is 3.71. The largest absolute Gasteiger partial charge is 0.494 e. The Kier molecular flexibility index (Phi) is 2.77. The van der Waals surface area contributed by atoms with Crippen LogP contribution in [-0.2, 0) is 4.79 Å². The molecule has 0 aliphatic carbocycles. The molecule has 1 heterocycles. The number of hydrogen-bond acceptors (Lipinski definition) is 2. The number of methoxy groups -OCH3 is 1. The zero-order chi connectivity index (χ0) is 11.7. The molecule has 1 saturated heterocycles. The first-order chi connectivity index (χ1) is 7.61. The second kappa shape index (κ2) is 4.08. The molecule has 16 heavy (non-hydrogen) atoms. The highest BCUT2D eigenvalue weighted by Crippen LogP contribution is 2.29. The van der Waals surface area contributed by atoms with Gasteiger partial charge in [0.1, 0.15) is 5.82 Å². The number of carbonyl (C=O) groups is 1. The zero-order valence-electron chi connectivity index (χ0n) is 8.72. The van der Waals surface area contributed by atoms with Gasteiger partial charge in [0.2, 0.25) is 5.91 Å². The maximum Gasteiger partial charge on any atom is 0.220 e. The van der Waals surface area contributed by atoms with Gasteiger partial charge in [-0.2, -0.15) is 0 Å². The van der Waals surface area contributed by atoms with E-state index in [2.05, 4.69) is 10.1 Å². The van der Waals surface area contributed by atoms with E-state index in [1.165, 1.54) is 7.11 Å². The van der Waals surface area contributed by atoms with Crippen molar-refractivity contribution in [1.29, 1.82) is 0 Å². The van der Waals surface area contributed by atoms with Crippen LogP contribution in [-0.4, -0.2) is 19.6 Å². The Hall–Kier alpha value is -1.65. The molecule has 1 amide bonds. The number of rotatable bonds is 2. The van der Waals surface area contributed by atoms with Crippen molar-refractivity contribution >= 4 is 5.91 Å². The van der Waals surface area contributed by atoms with Crippen LogP contribution < -0.4 is 10.1 Å². The fourth-order valence-electron chi connectivity index (χ4n) is 1.84. The quantitative estimate of drug-likeness (QED) is 0.833. The Balaban J connectivity index is 2.34. The van der Waals surface area contributed by atoms with Crippen LogP contribution >= 0.6 is 0 Å². The van der Waals surface area contributed by atoms with Crippen molar-refractivity contribution in [3.8, 4) is 5.75 Å². The lowest BCUT2D eigenvalue weighted by atomic mass is 9.97. The molecule has 0 aromatic heterocycles. The van der Waals surface area contributed by atoms with Crippen LogP contribution in [0.15, 0.2) is 12.1 Å². The minimum Gasteiger partial charge on any atom is -0.494 e. The summed E-state index contributed by atoms with van der Waals surface area (Å²) < 4.78 is 31.7. The van der Waals surface area contributed by atoms with Gasteiger partial charge in [0.25, 0.3) is 0 Å². The Morgan fingerprint density at radius 2 is 2.12 bits per heavy atom. The maximum absolute atomic E-state index is 13.6. The van der Waals surface area contributed by atoms with Crippen molar-refractivity contribution in [2.24, 2.45) is 0 Å². The van der Waals surface area contributed by atoms with Crippen LogP contribution in [0.25, 0.3) is 0 Å². The van der Waals surface area contributed by atoms with Gasteiger partial charge in [0, 0.05) is 24.9 Å². The SMILES string of the molecule is COc1cc(F)c(C2CNC(=O)C2)cc1F. The van der Waals surface area contributed by atoms with E-state index >= 15 is 0 Å². The monoisotopic (exact) mass is 227 g/mol. The summed E-state index contributed by atoms with van der Waals surface area (Å²) in [4.78, 5) is 11.0. The Bertz CT molecular complexity index is 434. The molecular weight excluding hydrogens is 216 g/mol. The summed E-state index contributed by atoms with van der Waals surface area (Å²) in [6.45, 7) is 0.349. The first-order valence-corrected chi connectivity index (χ1v) is 4.91. The molecule has 1 fully saturated rings. The van der Waals surface area contributed by atoms with Gasteiger partial charge >= 0.3 is 0 Å². The van der Waals surface area contributed by atoms with Crippen molar-refractivity contribution in [3.63, 3.8) is 0 Å². The number of nitrogens with one attached hydrogen (secondary N) is 1. The van der Waals surface area contributed by atoms with Crippen molar-refractivity contribution in [2.45, 2.75) is 12.3 Å². The molecule has 1 unspecified atom stereocenters. The zero-order valence-corrected chi connectivity index (χ0v) is 8.72. The summed E-state index contributed by atoms with van der Waals surface area (Å²) in [7, 11) is 1.28. The molecule has 1 atom stereocenters. The van der Waals surface area contributed by atoms with Crippen molar-refractivity contribution in [1.82, 2.24) is 5.32 Å². The molecule has 1 aromatic rings. The van der Waals surface area contributed by atoms with Gasteiger partial charge in [-0.05, 0) is 11.6 Å². The summed E-state index contributed by atoms with van der Waals surface area (Å²) in [5.74, 6) is -1.72. The maximum atomic E-state index is 13.6. The van der Waals surface area contributed by atoms with E-state index in [1.807, 2.05) is 0 Å². The van der Waals surface area contributed by atoms with Gasteiger partial charge < -0.3 is 10.1 Å². The Morgan fingerprint density at radius 1 is 1.38 bits per heavy atom. The summed E-state index contributed by atoms with van der Waals surface area (Å²) in [6, 6.07) is 2.10. The van der Waals surface area contributed by atoms with Crippen molar-refractivity contribution in [2.75, 3.05) is 13.7 Å². The van der Waals surface area contributed by atoms with Crippen LogP contribution in [0.1, 0.15) is 17.9 Å². The number of hydrogen-bond donors (Lipinski definition) is 1. The molecule has 0 bridgehead atoms. The number of benzene rings is 1. The lowest BCUT2D eigenvalue weighted by Crippen LogP contribution is -2.13. The lowest BCUT2D eigenvalue weighted by Gasteiger charge is -2.11. The Morgan fingerprint density at radius 3 is 2.69 bits per heavy atom. The third kappa shape index (κ3) is 1.85. The van der Waals surface area contributed by atoms with E-state index in [0.29, 0.717) is 6.54 Å². The molecule has 2 rings (SSSR count). The smallest absolute Gasteiger partial charge is 0.220 e. The van der Waals surface area contributed by atoms with Gasteiger partial charge in [-0.25, -0.2) is 8.78 Å². The van der Waals surface area contributed by atoms with Crippen LogP contribution in [0, 0.1) is 11.6 Å². The van der Waals surface area contributed by atoms with E-state index in [4.69, 9.17) is 0 Å². The van der Waals surface area contributed by atoms with Crippen molar-refractivity contribution < 1.29 is 18.3 Å². The highest BCUT2D eigenvalue weighted by atomic mass is 19.1. The molecule has 0 spiro atoms. The molecule has 1 aliphatic heterocycles. The average Bonchev–Trinajstić information content (AvgIpc) is 2.67. The lowest BCUT2D eigenvalue weighted by molar-refractivity contribution is -0.119. The predicted octanol–water partition coefficient (Wildman–Crippen LogP) is 1.58. The van der Waals surface area contributed by atoms with E-state index < -0.39 is 11.6 Å². The highest BCUT2D eigenvalue weighted by molar-refractivity contribution is 5.79. The third-order valence-corrected chi connectivity index (χ3v) is 2.69. The first kappa shape index (κ1) is 10.9. The highest BCUT2D eigenvalue weighted by Gasteiger charge is 2.26. The fourth-order valence-corrected chi connectivity index (χ4v) is 1.84. The van der Waals surface area contributed by atoms with Crippen LogP contribution in [0.2, 0.25) is 0 Å². The minimum atomic E-state index is -0.613. The van der Waals surface area contributed by atoms with Gasteiger partial charge in [-0.15, -0.1) is 0 Å². The Labute approximate surface area is 91.4 Å². The number of halogens is 2. The minimum absolute atomic E-state index is 0.126. The normalized spacial score (nSPS) is 19.7. The summed E-state index contributed by atoms with van der Waals surface area (Å²) in [5.41, 5.74) is 0.219. The van der Waals surface area contributed by atoms with Gasteiger partial charge in [0.05, 0.1) is 7.11 Å². The van der Waals surface area contributed by atoms with E-state index in [-0.39, 0.29) is 29.6 Å². The van der Waals surface area contributed by atoms with E-state index in [0.717, 1.165) is 12.1 Å². The van der Waals surface area contributed by atoms with Crippen molar-refractivity contribution in [3.05, 3.63) is 29.3 Å². The van der Waals surface area contributed by atoms with E-state index in [1.54, 1.807) is 0 Å². The fraction of sp³-hybridized carbons (Fsp3) is 0.364. The number of carbonyl (C=O) groups excluding carboxylic acids is 1. The molecule has 1 aromatic carbocycles. The number of amides is 1. The molecule has 3 nitrogen and oxygen atoms in total. The molecule has 1 aliphatic rings. The molecule has 86 valence electrons.